The van der Waals surface area contributed by atoms with Crippen LogP contribution in [0, 0.1) is 6.92 Å². The number of hydrogen-bond donors (Lipinski definition) is 1. The molecule has 4 nitrogen and oxygen atoms in total. The monoisotopic (exact) mass is 242 g/mol. The minimum Gasteiger partial charge on any atom is -0.476 e. The molecule has 1 N–H and O–H groups in total. The van der Waals surface area contributed by atoms with Gasteiger partial charge in [-0.05, 0) is 37.0 Å². The molecule has 0 spiro atoms. The van der Waals surface area contributed by atoms with Crippen LogP contribution in [0.3, 0.4) is 0 Å². The van der Waals surface area contributed by atoms with Crippen LogP contribution in [-0.4, -0.2) is 20.9 Å². The molecule has 2 aromatic rings. The van der Waals surface area contributed by atoms with Crippen molar-refractivity contribution in [3.8, 4) is 0 Å². The summed E-state index contributed by atoms with van der Waals surface area (Å²) < 4.78 is 1.85. The molecule has 0 saturated heterocycles. The Morgan fingerprint density at radius 2 is 1.94 bits per heavy atom. The number of benzene rings is 1. The van der Waals surface area contributed by atoms with Crippen molar-refractivity contribution in [3.05, 3.63) is 52.8 Å². The van der Waals surface area contributed by atoms with E-state index in [1.165, 1.54) is 11.1 Å². The Hall–Kier alpha value is -2.10. The third-order valence-corrected chi connectivity index (χ3v) is 3.52. The molecule has 1 aliphatic carbocycles. The van der Waals surface area contributed by atoms with E-state index in [2.05, 4.69) is 17.2 Å². The van der Waals surface area contributed by atoms with Gasteiger partial charge in [0.15, 0.2) is 5.69 Å². The average molecular weight is 242 g/mol. The van der Waals surface area contributed by atoms with E-state index in [0.717, 1.165) is 18.5 Å². The predicted octanol–water partition coefficient (Wildman–Crippen LogP) is 2.23. The molecule has 0 amide bonds. The summed E-state index contributed by atoms with van der Waals surface area (Å²) in [6, 6.07) is 10.2. The molecular weight excluding hydrogens is 228 g/mol. The molecule has 92 valence electrons. The lowest BCUT2D eigenvalue weighted by Gasteiger charge is -2.11. The molecule has 0 saturated carbocycles. The number of nitrogens with zero attached hydrogens (tertiary/aromatic N) is 2. The van der Waals surface area contributed by atoms with Crippen molar-refractivity contribution in [3.63, 3.8) is 0 Å². The van der Waals surface area contributed by atoms with Crippen molar-refractivity contribution in [2.24, 2.45) is 0 Å². The molecule has 4 heteroatoms. The Labute approximate surface area is 105 Å². The van der Waals surface area contributed by atoms with Gasteiger partial charge in [0, 0.05) is 5.69 Å². The van der Waals surface area contributed by atoms with Gasteiger partial charge in [-0.25, -0.2) is 4.79 Å². The molecule has 0 atom stereocenters. The largest absolute Gasteiger partial charge is 0.476 e. The molecule has 1 aromatic carbocycles. The fourth-order valence-electron chi connectivity index (χ4n) is 2.67. The van der Waals surface area contributed by atoms with Crippen molar-refractivity contribution < 1.29 is 9.90 Å². The third kappa shape index (κ3) is 1.70. The topological polar surface area (TPSA) is 55.1 Å². The second-order valence-electron chi connectivity index (χ2n) is 4.75. The maximum Gasteiger partial charge on any atom is 0.356 e. The highest BCUT2D eigenvalue weighted by Gasteiger charge is 2.25. The lowest BCUT2D eigenvalue weighted by molar-refractivity contribution is 0.0689. The fraction of sp³-hybridized carbons (Fsp3) is 0.286. The number of aryl methyl sites for hydroxylation is 1. The Morgan fingerprint density at radius 1 is 1.33 bits per heavy atom. The van der Waals surface area contributed by atoms with Crippen molar-refractivity contribution in [2.75, 3.05) is 0 Å². The average Bonchev–Trinajstić information content (AvgIpc) is 2.91. The first-order valence-corrected chi connectivity index (χ1v) is 6.01. The Morgan fingerprint density at radius 3 is 2.44 bits per heavy atom. The Balaban J connectivity index is 1.92. The number of fused-ring (bicyclic) bond motifs is 1. The van der Waals surface area contributed by atoms with Crippen LogP contribution in [-0.2, 0) is 12.8 Å². The van der Waals surface area contributed by atoms with Crippen LogP contribution < -0.4 is 0 Å². The van der Waals surface area contributed by atoms with Gasteiger partial charge in [-0.2, -0.15) is 5.10 Å². The number of rotatable bonds is 2. The van der Waals surface area contributed by atoms with Crippen LogP contribution in [0.5, 0.6) is 0 Å². The number of aromatic nitrogens is 2. The molecule has 0 fully saturated rings. The number of hydrogen-bond acceptors (Lipinski definition) is 2. The summed E-state index contributed by atoms with van der Waals surface area (Å²) in [6.45, 7) is 1.91. The molecule has 1 aliphatic rings. The van der Waals surface area contributed by atoms with E-state index in [4.69, 9.17) is 5.11 Å². The summed E-state index contributed by atoms with van der Waals surface area (Å²) in [7, 11) is 0. The minimum atomic E-state index is -0.965. The standard InChI is InChI=1S/C14H14N2O2/c1-9-6-13(14(17)18)15-16(9)12-7-10-4-2-3-5-11(10)8-12/h2-6,12H,7-8H2,1H3,(H,17,18). The molecule has 0 aliphatic heterocycles. The van der Waals surface area contributed by atoms with Gasteiger partial charge >= 0.3 is 5.97 Å². The van der Waals surface area contributed by atoms with Gasteiger partial charge in [0.2, 0.25) is 0 Å². The molecular formula is C14H14N2O2. The van der Waals surface area contributed by atoms with Crippen LogP contribution in [0.25, 0.3) is 0 Å². The second-order valence-corrected chi connectivity index (χ2v) is 4.75. The summed E-state index contributed by atoms with van der Waals surface area (Å²) in [5.74, 6) is -0.965. The Bertz CT molecular complexity index is 591. The predicted molar refractivity (Wildman–Crippen MR) is 66.8 cm³/mol. The molecule has 0 unspecified atom stereocenters. The van der Waals surface area contributed by atoms with Crippen LogP contribution in [0.2, 0.25) is 0 Å². The normalized spacial score (nSPS) is 14.7. The summed E-state index contributed by atoms with van der Waals surface area (Å²) in [6.07, 6.45) is 1.86. The highest BCUT2D eigenvalue weighted by molar-refractivity contribution is 5.85. The number of carboxylic acid groups (broad SMARTS) is 1. The van der Waals surface area contributed by atoms with Gasteiger partial charge in [0.25, 0.3) is 0 Å². The molecule has 3 rings (SSSR count). The van der Waals surface area contributed by atoms with Gasteiger partial charge in [0.1, 0.15) is 0 Å². The van der Waals surface area contributed by atoms with E-state index < -0.39 is 5.97 Å². The van der Waals surface area contributed by atoms with Gasteiger partial charge in [0.05, 0.1) is 6.04 Å². The fourth-order valence-corrected chi connectivity index (χ4v) is 2.67. The van der Waals surface area contributed by atoms with E-state index in [0.29, 0.717) is 0 Å². The molecule has 0 radical (unpaired) electrons. The van der Waals surface area contributed by atoms with Crippen molar-refractivity contribution in [1.29, 1.82) is 0 Å². The maximum absolute atomic E-state index is 10.9. The quantitative estimate of drug-likeness (QED) is 0.878. The van der Waals surface area contributed by atoms with Crippen molar-refractivity contribution >= 4 is 5.97 Å². The highest BCUT2D eigenvalue weighted by Crippen LogP contribution is 2.30. The third-order valence-electron chi connectivity index (χ3n) is 3.52. The van der Waals surface area contributed by atoms with Gasteiger partial charge in [-0.15, -0.1) is 0 Å². The first-order chi connectivity index (χ1) is 8.65. The van der Waals surface area contributed by atoms with Crippen LogP contribution >= 0.6 is 0 Å². The van der Waals surface area contributed by atoms with E-state index in [1.807, 2.05) is 23.7 Å². The first-order valence-electron chi connectivity index (χ1n) is 6.01. The lowest BCUT2D eigenvalue weighted by atomic mass is 10.1. The summed E-state index contributed by atoms with van der Waals surface area (Å²) in [5, 5.41) is 13.2. The second kappa shape index (κ2) is 3.98. The Kier molecular flexibility index (Phi) is 2.44. The highest BCUT2D eigenvalue weighted by atomic mass is 16.4. The summed E-state index contributed by atoms with van der Waals surface area (Å²) in [5.41, 5.74) is 3.72. The van der Waals surface area contributed by atoms with Gasteiger partial charge < -0.3 is 5.11 Å². The maximum atomic E-state index is 10.9. The number of carboxylic acids is 1. The van der Waals surface area contributed by atoms with Crippen LogP contribution in [0.15, 0.2) is 30.3 Å². The van der Waals surface area contributed by atoms with E-state index in [-0.39, 0.29) is 11.7 Å². The van der Waals surface area contributed by atoms with Crippen molar-refractivity contribution in [2.45, 2.75) is 25.8 Å². The van der Waals surface area contributed by atoms with Gasteiger partial charge in [-0.3, -0.25) is 4.68 Å². The number of aromatic carboxylic acids is 1. The molecule has 1 heterocycles. The SMILES string of the molecule is Cc1cc(C(=O)O)nn1C1Cc2ccccc2C1. The van der Waals surface area contributed by atoms with E-state index in [9.17, 15) is 4.79 Å². The first kappa shape index (κ1) is 11.0. The zero-order chi connectivity index (χ0) is 12.7. The molecule has 1 aromatic heterocycles. The summed E-state index contributed by atoms with van der Waals surface area (Å²) >= 11 is 0. The van der Waals surface area contributed by atoms with E-state index in [1.54, 1.807) is 6.07 Å². The summed E-state index contributed by atoms with van der Waals surface area (Å²) in [4.78, 5) is 10.9. The molecule has 18 heavy (non-hydrogen) atoms. The van der Waals surface area contributed by atoms with Crippen LogP contribution in [0.1, 0.15) is 33.4 Å². The minimum absolute atomic E-state index is 0.128. The molecule has 0 bridgehead atoms. The van der Waals surface area contributed by atoms with Gasteiger partial charge in [-0.1, -0.05) is 24.3 Å². The number of carbonyl (C=O) groups is 1. The zero-order valence-corrected chi connectivity index (χ0v) is 10.1. The van der Waals surface area contributed by atoms with Crippen LogP contribution in [0.4, 0.5) is 0 Å². The zero-order valence-electron chi connectivity index (χ0n) is 10.1. The van der Waals surface area contributed by atoms with E-state index >= 15 is 0 Å². The van der Waals surface area contributed by atoms with Crippen molar-refractivity contribution in [1.82, 2.24) is 9.78 Å². The smallest absolute Gasteiger partial charge is 0.356 e. The lowest BCUT2D eigenvalue weighted by Crippen LogP contribution is -2.13.